The number of fused-ring (bicyclic) bond motifs is 2. The predicted octanol–water partition coefficient (Wildman–Crippen LogP) is 2.28. The lowest BCUT2D eigenvalue weighted by molar-refractivity contribution is 0.345. The Morgan fingerprint density at radius 3 is 2.68 bits per heavy atom. The van der Waals surface area contributed by atoms with Crippen LogP contribution in [0.4, 0.5) is 5.82 Å². The summed E-state index contributed by atoms with van der Waals surface area (Å²) in [5, 5.41) is 3.72. The van der Waals surface area contributed by atoms with Crippen LogP contribution in [0, 0.1) is 6.92 Å². The van der Waals surface area contributed by atoms with E-state index in [9.17, 15) is 0 Å². The number of aromatic nitrogens is 2. The molecule has 0 saturated carbocycles. The molecule has 3 rings (SSSR count). The van der Waals surface area contributed by atoms with Crippen LogP contribution in [-0.4, -0.2) is 34.6 Å². The topological polar surface area (TPSA) is 41.1 Å². The van der Waals surface area contributed by atoms with Crippen LogP contribution in [-0.2, 0) is 0 Å². The molecule has 2 atom stereocenters. The minimum absolute atomic E-state index is 0.646. The van der Waals surface area contributed by atoms with E-state index in [0.717, 1.165) is 30.3 Å². The smallest absolute Gasteiger partial charge is 0.132 e. The molecule has 2 aliphatic rings. The second-order valence-electron chi connectivity index (χ2n) is 5.92. The molecule has 2 bridgehead atoms. The Balaban J connectivity index is 1.80. The molecule has 0 aliphatic carbocycles. The predicted molar refractivity (Wildman–Crippen MR) is 77.4 cm³/mol. The fraction of sp³-hybridized carbons (Fsp3) is 0.733. The second-order valence-corrected chi connectivity index (χ2v) is 5.92. The van der Waals surface area contributed by atoms with Gasteiger partial charge in [0.1, 0.15) is 11.6 Å². The van der Waals surface area contributed by atoms with Crippen LogP contribution in [0.1, 0.15) is 44.9 Å². The summed E-state index contributed by atoms with van der Waals surface area (Å²) >= 11 is 0. The molecule has 2 aliphatic heterocycles. The highest BCUT2D eigenvalue weighted by molar-refractivity contribution is 5.39. The number of hydrogen-bond donors (Lipinski definition) is 1. The maximum Gasteiger partial charge on any atom is 0.132 e. The molecular formula is C15H24N4. The van der Waals surface area contributed by atoms with Gasteiger partial charge in [-0.2, -0.15) is 0 Å². The van der Waals surface area contributed by atoms with E-state index in [0.29, 0.717) is 6.04 Å². The van der Waals surface area contributed by atoms with Gasteiger partial charge in [-0.25, -0.2) is 9.97 Å². The van der Waals surface area contributed by atoms with Gasteiger partial charge in [-0.15, -0.1) is 0 Å². The molecule has 19 heavy (non-hydrogen) atoms. The third-order valence-electron chi connectivity index (χ3n) is 4.41. The van der Waals surface area contributed by atoms with E-state index >= 15 is 0 Å². The highest BCUT2D eigenvalue weighted by atomic mass is 15.2. The Morgan fingerprint density at radius 1 is 1.32 bits per heavy atom. The van der Waals surface area contributed by atoms with Gasteiger partial charge < -0.3 is 10.2 Å². The van der Waals surface area contributed by atoms with Crippen molar-refractivity contribution in [2.24, 2.45) is 0 Å². The monoisotopic (exact) mass is 260 g/mol. The highest BCUT2D eigenvalue weighted by Gasteiger charge is 2.36. The number of nitrogens with zero attached hydrogens (tertiary/aromatic N) is 3. The average Bonchev–Trinajstić information content (AvgIpc) is 2.75. The van der Waals surface area contributed by atoms with Crippen molar-refractivity contribution in [1.82, 2.24) is 15.3 Å². The number of piperidine rings is 1. The normalized spacial score (nSPS) is 29.5. The fourth-order valence-corrected chi connectivity index (χ4v) is 3.61. The molecule has 0 aromatic carbocycles. The maximum absolute atomic E-state index is 4.63. The van der Waals surface area contributed by atoms with Gasteiger partial charge in [-0.1, -0.05) is 6.92 Å². The Morgan fingerprint density at radius 2 is 2.05 bits per heavy atom. The summed E-state index contributed by atoms with van der Waals surface area (Å²) < 4.78 is 0. The Labute approximate surface area is 115 Å². The van der Waals surface area contributed by atoms with E-state index in [1.807, 2.05) is 13.1 Å². The van der Waals surface area contributed by atoms with Gasteiger partial charge >= 0.3 is 0 Å². The van der Waals surface area contributed by atoms with Crippen LogP contribution in [0.5, 0.6) is 0 Å². The molecule has 1 aromatic rings. The van der Waals surface area contributed by atoms with Gasteiger partial charge in [-0.3, -0.25) is 0 Å². The molecule has 3 heterocycles. The van der Waals surface area contributed by atoms with Gasteiger partial charge in [0.2, 0.25) is 0 Å². The third-order valence-corrected chi connectivity index (χ3v) is 4.41. The molecule has 0 spiro atoms. The molecule has 4 heteroatoms. The first-order valence-electron chi connectivity index (χ1n) is 7.58. The summed E-state index contributed by atoms with van der Waals surface area (Å²) in [5.41, 5.74) is 0. The molecule has 2 unspecified atom stereocenters. The molecular weight excluding hydrogens is 236 g/mol. The Bertz CT molecular complexity index is 422. The number of rotatable bonds is 4. The van der Waals surface area contributed by atoms with Crippen molar-refractivity contribution in [2.75, 3.05) is 11.4 Å². The van der Waals surface area contributed by atoms with Crippen molar-refractivity contribution >= 4 is 5.82 Å². The minimum Gasteiger partial charge on any atom is -0.353 e. The average molecular weight is 260 g/mol. The fourth-order valence-electron chi connectivity index (χ4n) is 3.61. The standard InChI is InChI=1S/C15H24N4/c1-3-8-19(15-6-7-16-11(2)17-15)14-9-12-4-5-13(10-14)18-12/h6-7,12-14,18H,3-5,8-10H2,1-2H3. The number of aryl methyl sites for hydroxylation is 1. The third kappa shape index (κ3) is 2.73. The second kappa shape index (κ2) is 5.45. The molecule has 0 radical (unpaired) electrons. The van der Waals surface area contributed by atoms with Crippen molar-refractivity contribution < 1.29 is 0 Å². The maximum atomic E-state index is 4.63. The lowest BCUT2D eigenvalue weighted by atomic mass is 9.98. The molecule has 104 valence electrons. The van der Waals surface area contributed by atoms with Crippen LogP contribution in [0.15, 0.2) is 12.3 Å². The highest BCUT2D eigenvalue weighted by Crippen LogP contribution is 2.31. The van der Waals surface area contributed by atoms with Crippen molar-refractivity contribution in [3.8, 4) is 0 Å². The van der Waals surface area contributed by atoms with E-state index < -0.39 is 0 Å². The van der Waals surface area contributed by atoms with E-state index in [2.05, 4.69) is 33.2 Å². The first kappa shape index (κ1) is 12.9. The SMILES string of the molecule is CCCN(c1ccnc(C)n1)C1CC2CCC(C1)N2. The van der Waals surface area contributed by atoms with Gasteiger partial charge in [-0.05, 0) is 45.1 Å². The summed E-state index contributed by atoms with van der Waals surface area (Å²) in [6.07, 6.45) is 8.28. The zero-order chi connectivity index (χ0) is 13.2. The molecule has 2 saturated heterocycles. The zero-order valence-corrected chi connectivity index (χ0v) is 12.0. The van der Waals surface area contributed by atoms with Gasteiger partial charge in [0.25, 0.3) is 0 Å². The number of nitrogens with one attached hydrogen (secondary N) is 1. The zero-order valence-electron chi connectivity index (χ0n) is 12.0. The Kier molecular flexibility index (Phi) is 3.69. The molecule has 1 aromatic heterocycles. The minimum atomic E-state index is 0.646. The largest absolute Gasteiger partial charge is 0.353 e. The summed E-state index contributed by atoms with van der Waals surface area (Å²) in [6.45, 7) is 5.32. The molecule has 4 nitrogen and oxygen atoms in total. The van der Waals surface area contributed by atoms with Gasteiger partial charge in [0, 0.05) is 30.9 Å². The summed E-state index contributed by atoms with van der Waals surface area (Å²) in [4.78, 5) is 11.4. The van der Waals surface area contributed by atoms with Crippen LogP contribution in [0.25, 0.3) is 0 Å². The number of hydrogen-bond acceptors (Lipinski definition) is 4. The lowest BCUT2D eigenvalue weighted by Gasteiger charge is -2.38. The summed E-state index contributed by atoms with van der Waals surface area (Å²) in [5.74, 6) is 1.98. The molecule has 0 amide bonds. The van der Waals surface area contributed by atoms with E-state index in [-0.39, 0.29) is 0 Å². The quantitative estimate of drug-likeness (QED) is 0.902. The Hall–Kier alpha value is -1.16. The van der Waals surface area contributed by atoms with Crippen LogP contribution in [0.2, 0.25) is 0 Å². The first-order valence-corrected chi connectivity index (χ1v) is 7.58. The van der Waals surface area contributed by atoms with E-state index in [1.165, 1.54) is 32.1 Å². The van der Waals surface area contributed by atoms with Crippen molar-refractivity contribution in [3.63, 3.8) is 0 Å². The van der Waals surface area contributed by atoms with E-state index in [1.54, 1.807) is 0 Å². The number of anilines is 1. The van der Waals surface area contributed by atoms with Crippen molar-refractivity contribution in [1.29, 1.82) is 0 Å². The van der Waals surface area contributed by atoms with Crippen molar-refractivity contribution in [2.45, 2.75) is 64.1 Å². The first-order chi connectivity index (χ1) is 9.26. The van der Waals surface area contributed by atoms with Crippen LogP contribution in [0.3, 0.4) is 0 Å². The van der Waals surface area contributed by atoms with Gasteiger partial charge in [0.15, 0.2) is 0 Å². The van der Waals surface area contributed by atoms with Crippen LogP contribution >= 0.6 is 0 Å². The van der Waals surface area contributed by atoms with Crippen molar-refractivity contribution in [3.05, 3.63) is 18.1 Å². The summed E-state index contributed by atoms with van der Waals surface area (Å²) in [7, 11) is 0. The molecule has 1 N–H and O–H groups in total. The summed E-state index contributed by atoms with van der Waals surface area (Å²) in [6, 6.07) is 4.16. The lowest BCUT2D eigenvalue weighted by Crippen LogP contribution is -2.49. The van der Waals surface area contributed by atoms with Gasteiger partial charge in [0.05, 0.1) is 0 Å². The van der Waals surface area contributed by atoms with E-state index in [4.69, 9.17) is 0 Å². The van der Waals surface area contributed by atoms with Crippen LogP contribution < -0.4 is 10.2 Å². The molecule has 2 fully saturated rings.